The summed E-state index contributed by atoms with van der Waals surface area (Å²) in [6.07, 6.45) is 0. The molecule has 69 heavy (non-hydrogen) atoms. The normalized spacial score (nSPS) is 11.8. The lowest BCUT2D eigenvalue weighted by Crippen LogP contribution is -2.74. The molecule has 13 rings (SSSR count). The number of nitrogens with zero attached hydrogens (tertiary/aromatic N) is 3. The summed E-state index contributed by atoms with van der Waals surface area (Å²) in [5, 5.41) is 12.3. The minimum absolute atomic E-state index is 0.252. The summed E-state index contributed by atoms with van der Waals surface area (Å²) in [6, 6.07) is 95.9. The predicted molar refractivity (Wildman–Crippen MR) is 291 cm³/mol. The summed E-state index contributed by atoms with van der Waals surface area (Å²) in [6.45, 7) is 0. The monoisotopic (exact) mass is 901 g/mol. The van der Waals surface area contributed by atoms with Gasteiger partial charge < -0.3 is 14.0 Å². The molecule has 0 fully saturated rings. The number of hydrogen-bond acceptors (Lipinski definition) is 1. The van der Waals surface area contributed by atoms with Crippen molar-refractivity contribution in [2.45, 2.75) is 0 Å². The minimum Gasteiger partial charge on any atom is -0.310 e. The van der Waals surface area contributed by atoms with Crippen LogP contribution in [0, 0.1) is 5.82 Å². The van der Waals surface area contributed by atoms with Gasteiger partial charge in [0.15, 0.2) is 8.07 Å². The van der Waals surface area contributed by atoms with E-state index in [1.54, 1.807) is 0 Å². The Morgan fingerprint density at radius 1 is 0.290 bits per heavy atom. The van der Waals surface area contributed by atoms with Crippen LogP contribution in [0.5, 0.6) is 0 Å². The number of anilines is 3. The highest BCUT2D eigenvalue weighted by Crippen LogP contribution is 2.43. The van der Waals surface area contributed by atoms with Gasteiger partial charge >= 0.3 is 0 Å². The van der Waals surface area contributed by atoms with Crippen molar-refractivity contribution in [2.24, 2.45) is 0 Å². The molecular formula is C64H44FN3Si. The first-order valence-corrected chi connectivity index (χ1v) is 25.5. The van der Waals surface area contributed by atoms with E-state index in [0.29, 0.717) is 0 Å². The zero-order valence-electron chi connectivity index (χ0n) is 37.6. The van der Waals surface area contributed by atoms with Crippen LogP contribution in [0.3, 0.4) is 0 Å². The molecule has 0 bridgehead atoms. The first-order valence-electron chi connectivity index (χ1n) is 23.5. The van der Waals surface area contributed by atoms with E-state index in [4.69, 9.17) is 0 Å². The summed E-state index contributed by atoms with van der Waals surface area (Å²) in [4.78, 5) is 2.40. The molecular weight excluding hydrogens is 858 g/mol. The molecule has 0 unspecified atom stereocenters. The molecule has 0 atom stereocenters. The molecule has 0 amide bonds. The van der Waals surface area contributed by atoms with E-state index in [0.717, 1.165) is 61.3 Å². The quantitative estimate of drug-likeness (QED) is 0.104. The highest BCUT2D eigenvalue weighted by Gasteiger charge is 2.41. The molecule has 2 heterocycles. The fraction of sp³-hybridized carbons (Fsp3) is 0. The Labute approximate surface area is 400 Å². The number of aromatic nitrogens is 2. The summed E-state index contributed by atoms with van der Waals surface area (Å²) >= 11 is 0. The van der Waals surface area contributed by atoms with Crippen LogP contribution in [-0.2, 0) is 0 Å². The molecule has 0 N–H and O–H groups in total. The smallest absolute Gasteiger partial charge is 0.179 e. The molecule has 5 heteroatoms. The van der Waals surface area contributed by atoms with Gasteiger partial charge in [-0.25, -0.2) is 4.39 Å². The van der Waals surface area contributed by atoms with Gasteiger partial charge in [-0.2, -0.15) is 0 Å². The number of halogens is 1. The van der Waals surface area contributed by atoms with Gasteiger partial charge in [0.1, 0.15) is 5.82 Å². The molecule has 0 aliphatic rings. The van der Waals surface area contributed by atoms with Crippen LogP contribution in [-0.4, -0.2) is 17.2 Å². The van der Waals surface area contributed by atoms with E-state index in [1.165, 1.54) is 54.4 Å². The molecule has 0 aliphatic heterocycles. The molecule has 0 saturated carbocycles. The van der Waals surface area contributed by atoms with Gasteiger partial charge in [0.05, 0.1) is 22.1 Å². The summed E-state index contributed by atoms with van der Waals surface area (Å²) < 4.78 is 18.9. The first kappa shape index (κ1) is 40.5. The summed E-state index contributed by atoms with van der Waals surface area (Å²) in [5.41, 5.74) is 9.60. The zero-order chi connectivity index (χ0) is 45.9. The van der Waals surface area contributed by atoms with E-state index in [-0.39, 0.29) is 5.82 Å². The lowest BCUT2D eigenvalue weighted by Gasteiger charge is -2.34. The van der Waals surface area contributed by atoms with Crippen molar-refractivity contribution in [1.82, 2.24) is 9.13 Å². The maximum absolute atomic E-state index is 14.3. The number of rotatable bonds is 9. The number of benzene rings is 11. The van der Waals surface area contributed by atoms with E-state index in [2.05, 4.69) is 257 Å². The van der Waals surface area contributed by atoms with E-state index < -0.39 is 8.07 Å². The second-order valence-electron chi connectivity index (χ2n) is 17.8. The molecule has 2 aromatic heterocycles. The van der Waals surface area contributed by atoms with E-state index in [1.807, 2.05) is 12.1 Å². The van der Waals surface area contributed by atoms with Crippen molar-refractivity contribution in [3.8, 4) is 11.4 Å². The Hall–Kier alpha value is -8.77. The SMILES string of the molecule is Fc1ccc(-n2c3ccccc3c3cc(N(c4ccc5ccccc5c4)c4ccc5c(c4)c4cc([Si](c6ccccc6)(c6ccccc6)c6ccccc6)ccc4n5-c4ccccc4)ccc32)cc1. The van der Waals surface area contributed by atoms with Gasteiger partial charge in [-0.15, -0.1) is 0 Å². The standard InChI is InChI=1S/C64H44FN3Si/c65-47-30-33-49(34-31-47)68-61-28-16-15-27-57(61)58-42-51(35-38-62(58)68)66(50-32-29-45-17-13-14-18-46(45)41-50)52-36-39-63-59(43-52)60-44-56(37-40-64(60)67(63)48-19-5-1-6-20-48)69(53-21-7-2-8-22-53,54-23-9-3-10-24-54)55-25-11-4-12-26-55/h1-44H. The van der Waals surface area contributed by atoms with E-state index in [9.17, 15) is 4.39 Å². The van der Waals surface area contributed by atoms with Crippen molar-refractivity contribution >= 4 is 100 Å². The lowest BCUT2D eigenvalue weighted by molar-refractivity contribution is 0.627. The second-order valence-corrected chi connectivity index (χ2v) is 21.7. The van der Waals surface area contributed by atoms with Gasteiger partial charge in [0.2, 0.25) is 0 Å². The van der Waals surface area contributed by atoms with Crippen LogP contribution >= 0.6 is 0 Å². The average molecular weight is 902 g/mol. The van der Waals surface area contributed by atoms with Gasteiger partial charge in [0.25, 0.3) is 0 Å². The Bertz CT molecular complexity index is 3920. The zero-order valence-corrected chi connectivity index (χ0v) is 38.6. The van der Waals surface area contributed by atoms with Crippen molar-refractivity contribution in [3.05, 3.63) is 273 Å². The largest absolute Gasteiger partial charge is 0.310 e. The van der Waals surface area contributed by atoms with Crippen molar-refractivity contribution < 1.29 is 4.39 Å². The number of para-hydroxylation sites is 2. The van der Waals surface area contributed by atoms with Crippen LogP contribution in [0.1, 0.15) is 0 Å². The molecule has 0 saturated heterocycles. The van der Waals surface area contributed by atoms with Crippen LogP contribution in [0.15, 0.2) is 267 Å². The Morgan fingerprint density at radius 3 is 1.30 bits per heavy atom. The Kier molecular flexibility index (Phi) is 9.70. The molecule has 3 nitrogen and oxygen atoms in total. The third-order valence-corrected chi connectivity index (χ3v) is 18.8. The topological polar surface area (TPSA) is 13.1 Å². The van der Waals surface area contributed by atoms with Crippen molar-refractivity contribution in [3.63, 3.8) is 0 Å². The fourth-order valence-corrected chi connectivity index (χ4v) is 15.8. The second kappa shape index (κ2) is 16.5. The minimum atomic E-state index is -2.86. The van der Waals surface area contributed by atoms with Crippen LogP contribution in [0.25, 0.3) is 65.8 Å². The van der Waals surface area contributed by atoms with Crippen LogP contribution < -0.4 is 25.6 Å². The maximum atomic E-state index is 14.3. The first-order chi connectivity index (χ1) is 34.1. The Balaban J connectivity index is 1.09. The summed E-state index contributed by atoms with van der Waals surface area (Å²) in [5.74, 6) is -0.252. The fourth-order valence-electron chi connectivity index (χ4n) is 11.0. The average Bonchev–Trinajstić information content (AvgIpc) is 3.92. The van der Waals surface area contributed by atoms with Gasteiger partial charge in [-0.1, -0.05) is 170 Å². The third kappa shape index (κ3) is 6.62. The van der Waals surface area contributed by atoms with E-state index >= 15 is 0 Å². The molecule has 11 aromatic carbocycles. The van der Waals surface area contributed by atoms with Gasteiger partial charge in [0, 0.05) is 50.0 Å². The maximum Gasteiger partial charge on any atom is 0.179 e. The van der Waals surface area contributed by atoms with Crippen LogP contribution in [0.4, 0.5) is 21.5 Å². The highest BCUT2D eigenvalue weighted by atomic mass is 28.3. The summed E-state index contributed by atoms with van der Waals surface area (Å²) in [7, 11) is -2.86. The lowest BCUT2D eigenvalue weighted by atomic mass is 10.1. The van der Waals surface area contributed by atoms with Crippen LogP contribution in [0.2, 0.25) is 0 Å². The highest BCUT2D eigenvalue weighted by molar-refractivity contribution is 7.20. The molecule has 326 valence electrons. The predicted octanol–water partition coefficient (Wildman–Crippen LogP) is 14.0. The van der Waals surface area contributed by atoms with Gasteiger partial charge in [-0.05, 0) is 129 Å². The van der Waals surface area contributed by atoms with Gasteiger partial charge in [-0.3, -0.25) is 0 Å². The number of hydrogen-bond donors (Lipinski definition) is 0. The Morgan fingerprint density at radius 2 is 0.710 bits per heavy atom. The molecule has 13 aromatic rings. The molecule has 0 aliphatic carbocycles. The number of fused-ring (bicyclic) bond motifs is 7. The molecule has 0 radical (unpaired) electrons. The van der Waals surface area contributed by atoms with Crippen molar-refractivity contribution in [2.75, 3.05) is 4.90 Å². The third-order valence-electron chi connectivity index (χ3n) is 14.1. The van der Waals surface area contributed by atoms with Crippen molar-refractivity contribution in [1.29, 1.82) is 0 Å². The molecule has 0 spiro atoms.